The van der Waals surface area contributed by atoms with Crippen LogP contribution in [-0.4, -0.2) is 38.1 Å². The Morgan fingerprint density at radius 2 is 1.77 bits per heavy atom. The maximum atomic E-state index is 11.4. The zero-order valence-electron chi connectivity index (χ0n) is 12.0. The van der Waals surface area contributed by atoms with Crippen LogP contribution in [0.5, 0.6) is 17.2 Å². The smallest absolute Gasteiger partial charge is 0.338 e. The minimum Gasteiger partial charge on any atom is -0.493 e. The molecule has 0 aliphatic carbocycles. The lowest BCUT2D eigenvalue weighted by atomic mass is 10.1. The van der Waals surface area contributed by atoms with Gasteiger partial charge in [0.1, 0.15) is 17.8 Å². The molecule has 1 rings (SSSR count). The fourth-order valence-electron chi connectivity index (χ4n) is 1.62. The minimum atomic E-state index is -1.28. The quantitative estimate of drug-likeness (QED) is 0.591. The van der Waals surface area contributed by atoms with Crippen LogP contribution < -0.4 is 19.6 Å². The third kappa shape index (κ3) is 3.16. The number of rotatable bonds is 6. The molecule has 0 radical (unpaired) electrons. The first-order valence-corrected chi connectivity index (χ1v) is 5.74. The average Bonchev–Trinajstić information content (AvgIpc) is 2.53. The van der Waals surface area contributed by atoms with Crippen molar-refractivity contribution < 1.29 is 24.1 Å². The van der Waals surface area contributed by atoms with E-state index in [2.05, 4.69) is 10.5 Å². The molecule has 22 heavy (non-hydrogen) atoms. The van der Waals surface area contributed by atoms with Crippen molar-refractivity contribution in [1.29, 1.82) is 10.5 Å². The molecule has 0 aliphatic heterocycles. The predicted octanol–water partition coefficient (Wildman–Crippen LogP) is 1.23. The Hall–Kier alpha value is -3.46. The minimum absolute atomic E-state index is 0.0122. The number of hydrogen-bond acceptors (Lipinski definition) is 8. The molecular formula is C13H12N4O5. The number of methoxy groups -OCH3 is 3. The second kappa shape index (κ2) is 7.36. The van der Waals surface area contributed by atoms with Gasteiger partial charge in [-0.1, -0.05) is 0 Å². The highest BCUT2D eigenvalue weighted by atomic mass is 16.5. The molecule has 0 saturated carbocycles. The first-order valence-electron chi connectivity index (χ1n) is 5.74. The molecule has 0 spiro atoms. The summed E-state index contributed by atoms with van der Waals surface area (Å²) in [6.45, 7) is 0. The summed E-state index contributed by atoms with van der Waals surface area (Å²) in [5.41, 5.74) is 1.56. The molecule has 0 heterocycles. The number of benzene rings is 1. The molecule has 0 fully saturated rings. The molecular weight excluding hydrogens is 292 g/mol. The molecule has 0 saturated heterocycles. The predicted molar refractivity (Wildman–Crippen MR) is 75.3 cm³/mol. The van der Waals surface area contributed by atoms with E-state index in [1.165, 1.54) is 27.4 Å². The van der Waals surface area contributed by atoms with E-state index in [0.717, 1.165) is 0 Å². The molecule has 1 aromatic carbocycles. The average molecular weight is 304 g/mol. The Bertz CT molecular complexity index is 684. The standard InChI is InChI=1S/C13H12N4O5/c1-20-9-4-8(13(18)19)10(12(22-3)11(9)21-2)17-16-7(5-14)6-15/h4,17H,1-3H3,(H,18,19). The lowest BCUT2D eigenvalue weighted by Crippen LogP contribution is -2.08. The zero-order valence-corrected chi connectivity index (χ0v) is 12.0. The highest BCUT2D eigenvalue weighted by Gasteiger charge is 2.24. The van der Waals surface area contributed by atoms with E-state index in [0.29, 0.717) is 0 Å². The summed E-state index contributed by atoms with van der Waals surface area (Å²) >= 11 is 0. The van der Waals surface area contributed by atoms with Gasteiger partial charge in [-0.05, 0) is 0 Å². The first-order chi connectivity index (χ1) is 10.5. The van der Waals surface area contributed by atoms with Crippen LogP contribution in [-0.2, 0) is 0 Å². The summed E-state index contributed by atoms with van der Waals surface area (Å²) in [6, 6.07) is 4.29. The molecule has 0 bridgehead atoms. The van der Waals surface area contributed by atoms with E-state index in [9.17, 15) is 9.90 Å². The zero-order chi connectivity index (χ0) is 16.7. The van der Waals surface area contributed by atoms with Crippen LogP contribution in [0.4, 0.5) is 5.69 Å². The number of ether oxygens (including phenoxy) is 3. The van der Waals surface area contributed by atoms with Crippen molar-refractivity contribution in [3.05, 3.63) is 11.6 Å². The SMILES string of the molecule is COc1cc(C(=O)O)c(NN=C(C#N)C#N)c(OC)c1OC. The van der Waals surface area contributed by atoms with Gasteiger partial charge in [0.25, 0.3) is 0 Å². The number of hydrazone groups is 1. The fourth-order valence-corrected chi connectivity index (χ4v) is 1.62. The van der Waals surface area contributed by atoms with Crippen LogP contribution in [0.1, 0.15) is 10.4 Å². The lowest BCUT2D eigenvalue weighted by molar-refractivity contribution is 0.0697. The fraction of sp³-hybridized carbons (Fsp3) is 0.231. The van der Waals surface area contributed by atoms with E-state index in [-0.39, 0.29) is 28.5 Å². The number of nitrogens with zero attached hydrogens (tertiary/aromatic N) is 3. The highest BCUT2D eigenvalue weighted by Crippen LogP contribution is 2.45. The van der Waals surface area contributed by atoms with Crippen molar-refractivity contribution >= 4 is 17.4 Å². The Balaban J connectivity index is 3.59. The molecule has 1 aromatic rings. The molecule has 0 aromatic heterocycles. The summed E-state index contributed by atoms with van der Waals surface area (Å²) < 4.78 is 15.3. The topological polar surface area (TPSA) is 137 Å². The second-order valence-electron chi connectivity index (χ2n) is 3.67. The third-order valence-corrected chi connectivity index (χ3v) is 2.55. The van der Waals surface area contributed by atoms with Crippen LogP contribution in [0.3, 0.4) is 0 Å². The van der Waals surface area contributed by atoms with E-state index >= 15 is 0 Å². The van der Waals surface area contributed by atoms with Crippen molar-refractivity contribution in [2.24, 2.45) is 5.10 Å². The molecule has 9 heteroatoms. The van der Waals surface area contributed by atoms with Gasteiger partial charge in [-0.25, -0.2) is 4.79 Å². The van der Waals surface area contributed by atoms with E-state index in [4.69, 9.17) is 24.7 Å². The lowest BCUT2D eigenvalue weighted by Gasteiger charge is -2.17. The van der Waals surface area contributed by atoms with Crippen LogP contribution in [0.2, 0.25) is 0 Å². The van der Waals surface area contributed by atoms with Crippen LogP contribution in [0.25, 0.3) is 0 Å². The summed E-state index contributed by atoms with van der Waals surface area (Å²) in [5.74, 6) is -0.985. The largest absolute Gasteiger partial charge is 0.493 e. The van der Waals surface area contributed by atoms with Crippen molar-refractivity contribution in [2.75, 3.05) is 26.8 Å². The number of nitriles is 2. The van der Waals surface area contributed by atoms with Crippen LogP contribution in [0.15, 0.2) is 11.2 Å². The Morgan fingerprint density at radius 3 is 2.18 bits per heavy atom. The van der Waals surface area contributed by atoms with Gasteiger partial charge in [-0.15, -0.1) is 0 Å². The van der Waals surface area contributed by atoms with Gasteiger partial charge in [-0.2, -0.15) is 15.6 Å². The van der Waals surface area contributed by atoms with Crippen LogP contribution >= 0.6 is 0 Å². The van der Waals surface area contributed by atoms with Crippen molar-refractivity contribution in [3.8, 4) is 29.4 Å². The normalized spacial score (nSPS) is 8.95. The van der Waals surface area contributed by atoms with Crippen molar-refractivity contribution in [3.63, 3.8) is 0 Å². The first kappa shape index (κ1) is 16.6. The number of hydrogen-bond donors (Lipinski definition) is 2. The molecule has 114 valence electrons. The maximum absolute atomic E-state index is 11.4. The molecule has 0 atom stereocenters. The summed E-state index contributed by atoms with van der Waals surface area (Å²) in [4.78, 5) is 11.4. The molecule has 0 unspecified atom stereocenters. The van der Waals surface area contributed by atoms with E-state index < -0.39 is 11.7 Å². The third-order valence-electron chi connectivity index (χ3n) is 2.55. The number of aromatic carboxylic acids is 1. The monoisotopic (exact) mass is 304 g/mol. The van der Waals surface area contributed by atoms with Crippen molar-refractivity contribution in [2.45, 2.75) is 0 Å². The van der Waals surface area contributed by atoms with Crippen molar-refractivity contribution in [1.82, 2.24) is 0 Å². The van der Waals surface area contributed by atoms with Gasteiger partial charge in [0.2, 0.25) is 11.5 Å². The van der Waals surface area contributed by atoms with E-state index in [1.807, 2.05) is 0 Å². The van der Waals surface area contributed by atoms with Gasteiger partial charge >= 0.3 is 5.97 Å². The number of carboxylic acids is 1. The van der Waals surface area contributed by atoms with Gasteiger partial charge in [0, 0.05) is 6.07 Å². The van der Waals surface area contributed by atoms with Gasteiger partial charge in [-0.3, -0.25) is 5.43 Å². The van der Waals surface area contributed by atoms with E-state index in [1.54, 1.807) is 12.1 Å². The summed E-state index contributed by atoms with van der Waals surface area (Å²) in [7, 11) is 3.99. The Morgan fingerprint density at radius 1 is 1.18 bits per heavy atom. The number of carbonyl (C=O) groups is 1. The molecule has 0 amide bonds. The number of nitrogens with one attached hydrogen (secondary N) is 1. The van der Waals surface area contributed by atoms with Gasteiger partial charge < -0.3 is 19.3 Å². The number of anilines is 1. The number of carboxylic acid groups (broad SMARTS) is 1. The Kier molecular flexibility index (Phi) is 5.55. The molecule has 2 N–H and O–H groups in total. The summed E-state index contributed by atoms with van der Waals surface area (Å²) in [6.07, 6.45) is 0. The molecule has 0 aliphatic rings. The summed E-state index contributed by atoms with van der Waals surface area (Å²) in [5, 5.41) is 30.1. The Labute approximate surface area is 125 Å². The van der Waals surface area contributed by atoms with Crippen LogP contribution in [0, 0.1) is 22.7 Å². The van der Waals surface area contributed by atoms with Gasteiger partial charge in [0.05, 0.1) is 26.9 Å². The molecule has 9 nitrogen and oxygen atoms in total. The highest BCUT2D eigenvalue weighted by molar-refractivity contribution is 6.10. The maximum Gasteiger partial charge on any atom is 0.338 e. The van der Waals surface area contributed by atoms with Gasteiger partial charge in [0.15, 0.2) is 11.5 Å². The second-order valence-corrected chi connectivity index (χ2v) is 3.67.